The second kappa shape index (κ2) is 3.76. The molecule has 3 nitrogen and oxygen atoms in total. The second-order valence-corrected chi connectivity index (χ2v) is 2.28. The quantitative estimate of drug-likeness (QED) is 0.674. The number of benzene rings is 1. The zero-order valence-electron chi connectivity index (χ0n) is 6.03. The molecular weight excluding hydrogens is 156 g/mol. The molecule has 1 rings (SSSR count). The average molecular weight is 168 g/mol. The first-order chi connectivity index (χ1) is 5.13. The Morgan fingerprint density at radius 2 is 2.00 bits per heavy atom. The zero-order chi connectivity index (χ0) is 8.43. The molecule has 12 heavy (non-hydrogen) atoms. The summed E-state index contributed by atoms with van der Waals surface area (Å²) in [7, 11) is 0. The highest BCUT2D eigenvalue weighted by molar-refractivity contribution is 5.91. The number of aryl methyl sites for hydroxylation is 1. The predicted octanol–water partition coefficient (Wildman–Crippen LogP) is 2.03. The van der Waals surface area contributed by atoms with Gasteiger partial charge >= 0.3 is 5.97 Å². The van der Waals surface area contributed by atoms with Gasteiger partial charge in [0.05, 0.1) is 0 Å². The number of hydrogen-bond donors (Lipinski definition) is 2. The minimum atomic E-state index is -1.11. The van der Waals surface area contributed by atoms with Crippen molar-refractivity contribution in [2.75, 3.05) is 0 Å². The Kier molecular flexibility index (Phi) is 3.29. The zero-order valence-corrected chi connectivity index (χ0v) is 6.03. The minimum Gasteiger partial charge on any atom is -0.507 e. The Hall–Kier alpha value is -1.51. The summed E-state index contributed by atoms with van der Waals surface area (Å²) in [5.41, 5.74) is 0.523. The molecule has 2 N–H and O–H groups in total. The highest BCUT2D eigenvalue weighted by atomic mass is 16.4. The van der Waals surface area contributed by atoms with E-state index >= 15 is 0 Å². The molecule has 0 saturated carbocycles. The molecule has 0 unspecified atom stereocenters. The van der Waals surface area contributed by atoms with E-state index in [9.17, 15) is 9.90 Å². The van der Waals surface area contributed by atoms with Crippen LogP contribution in [0.3, 0.4) is 0 Å². The monoisotopic (exact) mass is 168 g/mol. The Bertz CT molecular complexity index is 292. The van der Waals surface area contributed by atoms with E-state index in [0.717, 1.165) is 0 Å². The van der Waals surface area contributed by atoms with Crippen LogP contribution in [0.4, 0.5) is 0 Å². The maximum atomic E-state index is 10.4. The fourth-order valence-corrected chi connectivity index (χ4v) is 0.832. The smallest absolute Gasteiger partial charge is 0.339 e. The van der Waals surface area contributed by atoms with E-state index in [1.54, 1.807) is 19.1 Å². The largest absolute Gasteiger partial charge is 0.507 e. The summed E-state index contributed by atoms with van der Waals surface area (Å²) in [4.78, 5) is 10.4. The first-order valence-corrected chi connectivity index (χ1v) is 3.15. The number of rotatable bonds is 1. The van der Waals surface area contributed by atoms with Gasteiger partial charge in [0.1, 0.15) is 11.3 Å². The molecule has 0 aliphatic carbocycles. The second-order valence-electron chi connectivity index (χ2n) is 2.28. The van der Waals surface area contributed by atoms with Crippen LogP contribution in [0.15, 0.2) is 18.2 Å². The van der Waals surface area contributed by atoms with Crippen molar-refractivity contribution in [2.24, 2.45) is 0 Å². The van der Waals surface area contributed by atoms with Crippen molar-refractivity contribution in [1.29, 1.82) is 0 Å². The van der Waals surface area contributed by atoms with E-state index in [1.807, 2.05) is 0 Å². The van der Waals surface area contributed by atoms with E-state index < -0.39 is 5.97 Å². The van der Waals surface area contributed by atoms with Crippen LogP contribution in [0.2, 0.25) is 0 Å². The number of hydrogen-bond acceptors (Lipinski definition) is 2. The van der Waals surface area contributed by atoms with Crippen LogP contribution in [0, 0.1) is 6.92 Å². The SMILES string of the molecule is C.Cc1cccc(C(=O)O)c1O. The predicted molar refractivity (Wildman–Crippen MR) is 46.5 cm³/mol. The molecule has 0 heterocycles. The Morgan fingerprint density at radius 1 is 1.42 bits per heavy atom. The van der Waals surface area contributed by atoms with Gasteiger partial charge in [-0.15, -0.1) is 0 Å². The van der Waals surface area contributed by atoms with Gasteiger partial charge in [0.25, 0.3) is 0 Å². The molecule has 0 fully saturated rings. The molecule has 3 heteroatoms. The number of carboxylic acid groups (broad SMARTS) is 1. The Morgan fingerprint density at radius 3 is 2.42 bits per heavy atom. The molecule has 0 aliphatic rings. The molecule has 0 aromatic heterocycles. The summed E-state index contributed by atoms with van der Waals surface area (Å²) in [6.07, 6.45) is 0. The van der Waals surface area contributed by atoms with Crippen molar-refractivity contribution in [3.05, 3.63) is 29.3 Å². The lowest BCUT2D eigenvalue weighted by atomic mass is 10.1. The normalized spacial score (nSPS) is 8.75. The van der Waals surface area contributed by atoms with Crippen LogP contribution in [0.1, 0.15) is 23.3 Å². The fourth-order valence-electron chi connectivity index (χ4n) is 0.832. The highest BCUT2D eigenvalue weighted by Gasteiger charge is 2.09. The highest BCUT2D eigenvalue weighted by Crippen LogP contribution is 2.20. The third kappa shape index (κ3) is 1.75. The third-order valence-electron chi connectivity index (χ3n) is 1.47. The van der Waals surface area contributed by atoms with Crippen LogP contribution in [-0.4, -0.2) is 16.2 Å². The molecular formula is C9H12O3. The Labute approximate surface area is 71.3 Å². The molecule has 0 radical (unpaired) electrons. The van der Waals surface area contributed by atoms with Crippen LogP contribution in [0.5, 0.6) is 5.75 Å². The van der Waals surface area contributed by atoms with Crippen LogP contribution >= 0.6 is 0 Å². The maximum absolute atomic E-state index is 10.4. The Balaban J connectivity index is 0.00000121. The summed E-state index contributed by atoms with van der Waals surface area (Å²) in [5.74, 6) is -1.26. The molecule has 0 spiro atoms. The first kappa shape index (κ1) is 10.5. The van der Waals surface area contributed by atoms with E-state index in [0.29, 0.717) is 5.56 Å². The van der Waals surface area contributed by atoms with Gasteiger partial charge in [0.2, 0.25) is 0 Å². The average Bonchev–Trinajstić information content (AvgIpc) is 1.94. The molecule has 0 amide bonds. The van der Waals surface area contributed by atoms with Gasteiger partial charge < -0.3 is 10.2 Å². The van der Waals surface area contributed by atoms with Crippen LogP contribution < -0.4 is 0 Å². The number of aromatic carboxylic acids is 1. The summed E-state index contributed by atoms with van der Waals surface area (Å²) < 4.78 is 0. The number of phenols is 1. The summed E-state index contributed by atoms with van der Waals surface area (Å²) in [6.45, 7) is 1.65. The van der Waals surface area contributed by atoms with Crippen LogP contribution in [0.25, 0.3) is 0 Å². The van der Waals surface area contributed by atoms with Gasteiger partial charge in [0.15, 0.2) is 0 Å². The van der Waals surface area contributed by atoms with Crippen LogP contribution in [-0.2, 0) is 0 Å². The lowest BCUT2D eigenvalue weighted by Crippen LogP contribution is -1.96. The van der Waals surface area contributed by atoms with Crippen molar-refractivity contribution >= 4 is 5.97 Å². The van der Waals surface area contributed by atoms with Gasteiger partial charge in [-0.2, -0.15) is 0 Å². The first-order valence-electron chi connectivity index (χ1n) is 3.15. The lowest BCUT2D eigenvalue weighted by molar-refractivity contribution is 0.0693. The lowest BCUT2D eigenvalue weighted by Gasteiger charge is -2.00. The summed E-state index contributed by atoms with van der Waals surface area (Å²) >= 11 is 0. The molecule has 0 aliphatic heterocycles. The molecule has 0 atom stereocenters. The van der Waals surface area contributed by atoms with E-state index in [2.05, 4.69) is 0 Å². The molecule has 0 bridgehead atoms. The summed E-state index contributed by atoms with van der Waals surface area (Å²) in [6, 6.07) is 4.62. The standard InChI is InChI=1S/C8H8O3.CH4/c1-5-3-2-4-6(7(5)9)8(10)11;/h2-4,9H,1H3,(H,10,11);1H4. The third-order valence-corrected chi connectivity index (χ3v) is 1.47. The maximum Gasteiger partial charge on any atom is 0.339 e. The van der Waals surface area contributed by atoms with E-state index in [1.165, 1.54) is 6.07 Å². The molecule has 1 aromatic carbocycles. The van der Waals surface area contributed by atoms with Gasteiger partial charge in [-0.3, -0.25) is 0 Å². The number of para-hydroxylation sites is 1. The fraction of sp³-hybridized carbons (Fsp3) is 0.222. The molecule has 66 valence electrons. The van der Waals surface area contributed by atoms with Crippen molar-refractivity contribution in [1.82, 2.24) is 0 Å². The number of aromatic hydroxyl groups is 1. The van der Waals surface area contributed by atoms with E-state index in [4.69, 9.17) is 5.11 Å². The van der Waals surface area contributed by atoms with Crippen molar-refractivity contribution in [2.45, 2.75) is 14.4 Å². The van der Waals surface area contributed by atoms with Gasteiger partial charge in [0, 0.05) is 0 Å². The van der Waals surface area contributed by atoms with Gasteiger partial charge in [-0.25, -0.2) is 4.79 Å². The minimum absolute atomic E-state index is 0. The molecule has 1 aromatic rings. The van der Waals surface area contributed by atoms with Gasteiger partial charge in [-0.05, 0) is 18.6 Å². The van der Waals surface area contributed by atoms with Crippen molar-refractivity contribution in [3.8, 4) is 5.75 Å². The molecule has 0 saturated heterocycles. The van der Waals surface area contributed by atoms with Crippen molar-refractivity contribution in [3.63, 3.8) is 0 Å². The summed E-state index contributed by atoms with van der Waals surface area (Å²) in [5, 5.41) is 17.7. The van der Waals surface area contributed by atoms with Crippen molar-refractivity contribution < 1.29 is 15.0 Å². The van der Waals surface area contributed by atoms with E-state index in [-0.39, 0.29) is 18.7 Å². The van der Waals surface area contributed by atoms with Gasteiger partial charge in [-0.1, -0.05) is 19.6 Å². The number of carboxylic acids is 1. The number of carbonyl (C=O) groups is 1. The topological polar surface area (TPSA) is 57.5 Å².